The molecule has 0 unspecified atom stereocenters. The molecule has 0 saturated carbocycles. The van der Waals surface area contributed by atoms with E-state index in [0.29, 0.717) is 39.9 Å². The third kappa shape index (κ3) is 4.71. The number of para-hydroxylation sites is 2. The molecule has 1 aliphatic rings. The first kappa shape index (κ1) is 20.8. The van der Waals surface area contributed by atoms with Crippen molar-refractivity contribution in [1.29, 1.82) is 0 Å². The van der Waals surface area contributed by atoms with Crippen molar-refractivity contribution in [2.45, 2.75) is 35.2 Å². The molecule has 0 fully saturated rings. The summed E-state index contributed by atoms with van der Waals surface area (Å²) in [6, 6.07) is 7.23. The quantitative estimate of drug-likeness (QED) is 0.518. The van der Waals surface area contributed by atoms with Gasteiger partial charge in [0.2, 0.25) is 5.91 Å². The molecule has 0 saturated heterocycles. The van der Waals surface area contributed by atoms with Gasteiger partial charge in [0.25, 0.3) is 5.56 Å². The van der Waals surface area contributed by atoms with E-state index in [9.17, 15) is 9.59 Å². The monoisotopic (exact) mass is 421 g/mol. The molecule has 1 aliphatic heterocycles. The fourth-order valence-electron chi connectivity index (χ4n) is 2.89. The average molecular weight is 422 g/mol. The molecular weight excluding hydrogens is 398 g/mol. The summed E-state index contributed by atoms with van der Waals surface area (Å²) in [6.07, 6.45) is 0.765. The van der Waals surface area contributed by atoms with Crippen LogP contribution < -0.4 is 15.6 Å². The minimum absolute atomic E-state index is 0.0518. The molecule has 150 valence electrons. The van der Waals surface area contributed by atoms with Crippen LogP contribution in [0.15, 0.2) is 39.1 Å². The predicted molar refractivity (Wildman–Crippen MR) is 112 cm³/mol. The molecular formula is C19H23N3O4S2. The second kappa shape index (κ2) is 9.49. The summed E-state index contributed by atoms with van der Waals surface area (Å²) in [5.74, 6) is 0.545. The van der Waals surface area contributed by atoms with Crippen molar-refractivity contribution in [2.75, 3.05) is 31.9 Å². The molecule has 1 aromatic heterocycles. The average Bonchev–Trinajstić information content (AvgIpc) is 3.07. The highest BCUT2D eigenvalue weighted by atomic mass is 32.2. The summed E-state index contributed by atoms with van der Waals surface area (Å²) in [5.41, 5.74) is 1.38. The zero-order valence-corrected chi connectivity index (χ0v) is 17.7. The fourth-order valence-corrected chi connectivity index (χ4v) is 4.84. The summed E-state index contributed by atoms with van der Waals surface area (Å²) in [7, 11) is 3.15. The Morgan fingerprint density at radius 3 is 2.93 bits per heavy atom. The molecule has 0 aliphatic carbocycles. The Bertz CT molecular complexity index is 917. The van der Waals surface area contributed by atoms with Crippen molar-refractivity contribution in [1.82, 2.24) is 9.55 Å². The second-order valence-corrected chi connectivity index (χ2v) is 8.68. The van der Waals surface area contributed by atoms with Crippen molar-refractivity contribution in [3.63, 3.8) is 0 Å². The molecule has 1 N–H and O–H groups in total. The Hall–Kier alpha value is -1.97. The number of fused-ring (bicyclic) bond motifs is 1. The zero-order valence-electron chi connectivity index (χ0n) is 16.1. The number of rotatable bonds is 8. The largest absolute Gasteiger partial charge is 0.495 e. The van der Waals surface area contributed by atoms with Gasteiger partial charge in [0.1, 0.15) is 5.75 Å². The lowest BCUT2D eigenvalue weighted by Gasteiger charge is -2.13. The number of nitrogens with zero attached hydrogens (tertiary/aromatic N) is 2. The van der Waals surface area contributed by atoms with Crippen molar-refractivity contribution in [2.24, 2.45) is 0 Å². The van der Waals surface area contributed by atoms with Gasteiger partial charge < -0.3 is 14.8 Å². The molecule has 1 amide bonds. The summed E-state index contributed by atoms with van der Waals surface area (Å²) in [6.45, 7) is 2.89. The molecule has 3 rings (SSSR count). The van der Waals surface area contributed by atoms with Gasteiger partial charge in [0.15, 0.2) is 5.16 Å². The number of ether oxygens (including phenoxy) is 2. The molecule has 0 radical (unpaired) electrons. The maximum absolute atomic E-state index is 12.9. The first-order chi connectivity index (χ1) is 13.5. The van der Waals surface area contributed by atoms with Gasteiger partial charge in [0.05, 0.1) is 42.3 Å². The number of methoxy groups -OCH3 is 2. The molecule has 0 bridgehead atoms. The smallest absolute Gasteiger partial charge is 0.268 e. The summed E-state index contributed by atoms with van der Waals surface area (Å²) in [4.78, 5) is 30.7. The normalized spacial score (nSPS) is 15.3. The summed E-state index contributed by atoms with van der Waals surface area (Å²) >= 11 is 2.82. The minimum atomic E-state index is -0.190. The summed E-state index contributed by atoms with van der Waals surface area (Å²) < 4.78 is 12.0. The van der Waals surface area contributed by atoms with Crippen molar-refractivity contribution in [3.05, 3.63) is 40.3 Å². The van der Waals surface area contributed by atoms with Crippen LogP contribution in [-0.2, 0) is 22.5 Å². The number of carbonyl (C=O) groups excluding carboxylic acids is 1. The van der Waals surface area contributed by atoms with Crippen LogP contribution in [0.4, 0.5) is 5.69 Å². The third-order valence-electron chi connectivity index (χ3n) is 4.20. The number of nitrogens with one attached hydrogen (secondary N) is 1. The molecule has 0 spiro atoms. The van der Waals surface area contributed by atoms with Crippen LogP contribution in [0.3, 0.4) is 0 Å². The lowest BCUT2D eigenvalue weighted by molar-refractivity contribution is -0.113. The number of benzene rings is 1. The number of hydrogen-bond acceptors (Lipinski definition) is 7. The van der Waals surface area contributed by atoms with Gasteiger partial charge in [-0.1, -0.05) is 30.8 Å². The van der Waals surface area contributed by atoms with Crippen molar-refractivity contribution >= 4 is 35.1 Å². The van der Waals surface area contributed by atoms with Crippen LogP contribution in [0.25, 0.3) is 0 Å². The van der Waals surface area contributed by atoms with Crippen LogP contribution in [0.1, 0.15) is 12.6 Å². The van der Waals surface area contributed by atoms with Crippen LogP contribution in [0.5, 0.6) is 5.75 Å². The van der Waals surface area contributed by atoms with Crippen LogP contribution in [-0.4, -0.2) is 47.3 Å². The van der Waals surface area contributed by atoms with E-state index in [-0.39, 0.29) is 17.2 Å². The Labute approximate surface area is 172 Å². The van der Waals surface area contributed by atoms with Gasteiger partial charge in [-0.3, -0.25) is 14.2 Å². The second-order valence-electron chi connectivity index (χ2n) is 6.29. The van der Waals surface area contributed by atoms with E-state index in [1.54, 1.807) is 42.7 Å². The number of hydrogen-bond donors (Lipinski definition) is 1. The first-order valence-corrected chi connectivity index (χ1v) is 10.7. The minimum Gasteiger partial charge on any atom is -0.495 e. The van der Waals surface area contributed by atoms with E-state index in [1.165, 1.54) is 11.8 Å². The van der Waals surface area contributed by atoms with Gasteiger partial charge in [-0.05, 0) is 12.1 Å². The zero-order chi connectivity index (χ0) is 20.1. The maximum atomic E-state index is 12.9. The fraction of sp³-hybridized carbons (Fsp3) is 0.421. The highest BCUT2D eigenvalue weighted by molar-refractivity contribution is 8.00. The number of carbonyl (C=O) groups is 1. The molecule has 1 atom stereocenters. The van der Waals surface area contributed by atoms with Gasteiger partial charge in [0, 0.05) is 18.8 Å². The van der Waals surface area contributed by atoms with E-state index < -0.39 is 0 Å². The molecule has 9 heteroatoms. The highest BCUT2D eigenvalue weighted by Crippen LogP contribution is 2.34. The topological polar surface area (TPSA) is 82.4 Å². The molecule has 7 nitrogen and oxygen atoms in total. The molecule has 1 aromatic carbocycles. The van der Waals surface area contributed by atoms with E-state index in [2.05, 4.69) is 17.2 Å². The standard InChI is InChI=1S/C19H23N3O4S2/c1-12-10-14-17(28-12)18(24)22(8-9-25-2)19(21-14)27-11-16(23)20-13-6-4-5-7-15(13)26-3/h4-7,12H,8-11H2,1-3H3,(H,20,23)/t12-/m1/s1. The number of aromatic nitrogens is 2. The Morgan fingerprint density at radius 2 is 2.18 bits per heavy atom. The van der Waals surface area contributed by atoms with Crippen LogP contribution in [0, 0.1) is 0 Å². The molecule has 28 heavy (non-hydrogen) atoms. The number of amides is 1. The Kier molecular flexibility index (Phi) is 7.03. The molecule has 2 aromatic rings. The number of anilines is 1. The lowest BCUT2D eigenvalue weighted by Crippen LogP contribution is -2.27. The van der Waals surface area contributed by atoms with E-state index in [1.807, 2.05) is 12.1 Å². The van der Waals surface area contributed by atoms with Crippen molar-refractivity contribution in [3.8, 4) is 5.75 Å². The van der Waals surface area contributed by atoms with Crippen LogP contribution >= 0.6 is 23.5 Å². The molecule has 2 heterocycles. The number of thioether (sulfide) groups is 2. The maximum Gasteiger partial charge on any atom is 0.268 e. The van der Waals surface area contributed by atoms with Gasteiger partial charge >= 0.3 is 0 Å². The highest BCUT2D eigenvalue weighted by Gasteiger charge is 2.26. The van der Waals surface area contributed by atoms with E-state index in [4.69, 9.17) is 9.47 Å². The lowest BCUT2D eigenvalue weighted by atomic mass is 10.2. The Balaban J connectivity index is 1.76. The predicted octanol–water partition coefficient (Wildman–Crippen LogP) is 2.67. The summed E-state index contributed by atoms with van der Waals surface area (Å²) in [5, 5.41) is 3.72. The van der Waals surface area contributed by atoms with Crippen LogP contribution in [0.2, 0.25) is 0 Å². The first-order valence-electron chi connectivity index (χ1n) is 8.88. The van der Waals surface area contributed by atoms with Gasteiger partial charge in [-0.2, -0.15) is 0 Å². The third-order valence-corrected chi connectivity index (χ3v) is 6.39. The van der Waals surface area contributed by atoms with Crippen molar-refractivity contribution < 1.29 is 14.3 Å². The van der Waals surface area contributed by atoms with Gasteiger partial charge in [-0.25, -0.2) is 4.98 Å². The van der Waals surface area contributed by atoms with E-state index in [0.717, 1.165) is 12.1 Å². The SMILES string of the molecule is COCCn1c(SCC(=O)Nc2ccccc2OC)nc2c(c1=O)S[C@H](C)C2. The van der Waals surface area contributed by atoms with Gasteiger partial charge in [-0.15, -0.1) is 11.8 Å². The van der Waals surface area contributed by atoms with E-state index >= 15 is 0 Å². The Morgan fingerprint density at radius 1 is 1.39 bits per heavy atom.